The van der Waals surface area contributed by atoms with Crippen LogP contribution >= 0.6 is 0 Å². The van der Waals surface area contributed by atoms with Crippen LogP contribution in [0.3, 0.4) is 0 Å². The van der Waals surface area contributed by atoms with Crippen LogP contribution in [-0.2, 0) is 5.41 Å². The van der Waals surface area contributed by atoms with E-state index >= 15 is 0 Å². The van der Waals surface area contributed by atoms with Gasteiger partial charge in [0, 0.05) is 0 Å². The van der Waals surface area contributed by atoms with Crippen LogP contribution in [0.2, 0.25) is 196 Å². The van der Waals surface area contributed by atoms with Gasteiger partial charge in [0.05, 0.1) is 0 Å². The molecule has 0 atom stereocenters. The minimum atomic E-state index is -1.68. The van der Waals surface area contributed by atoms with E-state index in [1.807, 2.05) is 4.40 Å². The van der Waals surface area contributed by atoms with Gasteiger partial charge < -0.3 is 0 Å². The molecule has 2 rings (SSSR count). The van der Waals surface area contributed by atoms with Gasteiger partial charge in [0.1, 0.15) is 0 Å². The normalized spacial score (nSPS) is 15.2. The summed E-state index contributed by atoms with van der Waals surface area (Å²) in [7, 11) is -16.4. The van der Waals surface area contributed by atoms with Crippen molar-refractivity contribution in [2.45, 2.75) is 248 Å². The Bertz CT molecular complexity index is 1700. The van der Waals surface area contributed by atoms with Crippen molar-refractivity contribution >= 4 is 106 Å². The first kappa shape index (κ1) is 60.1. The predicted octanol–water partition coefficient (Wildman–Crippen LogP) is 17.5. The third-order valence-corrected chi connectivity index (χ3v) is 62.8. The predicted molar refractivity (Wildman–Crippen MR) is 328 cm³/mol. The van der Waals surface area contributed by atoms with Gasteiger partial charge in [0.25, 0.3) is 0 Å². The van der Waals surface area contributed by atoms with Crippen molar-refractivity contribution in [1.29, 1.82) is 0 Å². The van der Waals surface area contributed by atoms with Gasteiger partial charge in [-0.2, -0.15) is 0 Å². The van der Waals surface area contributed by atoms with Crippen molar-refractivity contribution in [1.82, 2.24) is 0 Å². The van der Waals surface area contributed by atoms with Gasteiger partial charge in [0.2, 0.25) is 0 Å². The summed E-state index contributed by atoms with van der Waals surface area (Å²) in [6, 6.07) is 11.5. The maximum atomic E-state index is 4.84. The molecule has 12 heteroatoms. The molecular weight excluding hydrogens is 980 g/mol. The molecule has 0 aliphatic rings. The minimum absolute atomic E-state index is 0.103. The van der Waals surface area contributed by atoms with E-state index in [2.05, 4.69) is 241 Å². The quantitative estimate of drug-likeness (QED) is 0.147. The van der Waals surface area contributed by atoms with Crippen LogP contribution < -0.4 is 8.67 Å². The second-order valence-corrected chi connectivity index (χ2v) is 90.5. The molecule has 0 spiro atoms. The zero-order valence-corrected chi connectivity index (χ0v) is 60.8. The molecule has 0 aliphatic carbocycles. The van der Waals surface area contributed by atoms with E-state index in [-0.39, 0.29) is 5.41 Å². The molecule has 0 saturated heterocycles. The van der Waals surface area contributed by atoms with Gasteiger partial charge in [-0.15, -0.1) is 0 Å². The van der Waals surface area contributed by atoms with Gasteiger partial charge in [0.15, 0.2) is 0 Å². The molecule has 0 saturated carbocycles. The first-order valence-electron chi connectivity index (χ1n) is 25.1. The number of hydrogen-bond donors (Lipinski definition) is 1. The fraction of sp³-hybridized carbons (Fsp3) is 0.765. The Kier molecular flexibility index (Phi) is 18.4. The van der Waals surface area contributed by atoms with E-state index in [4.69, 9.17) is 4.27 Å². The molecule has 2 radical (unpaired) electrons. The first-order chi connectivity index (χ1) is 27.3. The van der Waals surface area contributed by atoms with Crippen LogP contribution in [0.25, 0.3) is 0 Å². The van der Waals surface area contributed by atoms with Crippen molar-refractivity contribution in [3.05, 3.63) is 57.6 Å². The van der Waals surface area contributed by atoms with Crippen LogP contribution in [0, 0.1) is 0 Å². The molecule has 0 aliphatic heterocycles. The van der Waals surface area contributed by atoms with Crippen molar-refractivity contribution in [2.75, 3.05) is 4.27 Å². The summed E-state index contributed by atoms with van der Waals surface area (Å²) < 4.78 is 6.68. The van der Waals surface area contributed by atoms with Crippen LogP contribution in [0.1, 0.15) is 80.0 Å². The molecule has 0 amide bonds. The summed E-state index contributed by atoms with van der Waals surface area (Å²) in [5.41, 5.74) is 12.3. The van der Waals surface area contributed by atoms with Crippen LogP contribution in [0.5, 0.6) is 0 Å². The summed E-state index contributed by atoms with van der Waals surface area (Å²) in [4.78, 5) is 0. The van der Waals surface area contributed by atoms with Gasteiger partial charge in [-0.05, 0) is 0 Å². The van der Waals surface area contributed by atoms with Crippen molar-refractivity contribution in [3.63, 3.8) is 0 Å². The molecule has 2 aromatic rings. The molecule has 1 nitrogen and oxygen atoms in total. The van der Waals surface area contributed by atoms with Gasteiger partial charge in [-0.25, -0.2) is 0 Å². The molecule has 63 heavy (non-hydrogen) atoms. The molecule has 2 aromatic carbocycles. The Balaban J connectivity index is 3.65. The molecule has 0 fully saturated rings. The number of rotatable bonds is 18. The molecule has 1 N–H and O–H groups in total. The number of benzene rings is 2. The number of nitrogens with one attached hydrogen (secondary N) is 1. The second kappa shape index (κ2) is 19.3. The Morgan fingerprint density at radius 2 is 0.556 bits per heavy atom. The summed E-state index contributed by atoms with van der Waals surface area (Å²) in [5.74, 6) is 0. The maximum absolute atomic E-state index is 4.84. The number of anilines is 1. The summed E-state index contributed by atoms with van der Waals surface area (Å²) in [5, 5.41) is 3.51. The molecule has 362 valence electrons. The Labute approximate surface area is 413 Å². The Morgan fingerprint density at radius 1 is 0.333 bits per heavy atom. The topological polar surface area (TPSA) is 12.0 Å². The van der Waals surface area contributed by atoms with Crippen LogP contribution in [-0.4, -0.2) is 96.4 Å². The standard InChI is InChI=1S/C51H109GeNSi10/c1-51(2,3)39-36-40(47(56(10,11)12)57(13,14)15)44(41(37-39)48(58(16,17)18)59(19,20)21)52-53-45-42(49(60(22,23)24)61(25,26)27)34-38(46(54(4,5)6)55(7,8)9)35-43(45)50(62(28,29)30)63(31,32)33/h34-37,46-50,53H,1-33H3. The van der Waals surface area contributed by atoms with Gasteiger partial charge in [-0.1, -0.05) is 0 Å². The first-order valence-corrected chi connectivity index (χ1v) is 63.0. The number of hydrogen-bond acceptors (Lipinski definition) is 1. The monoisotopic (exact) mass is 1090 g/mol. The van der Waals surface area contributed by atoms with E-state index in [0.29, 0.717) is 20.7 Å². The fourth-order valence-corrected chi connectivity index (χ4v) is 82.0. The third-order valence-electron chi connectivity index (χ3n) is 13.8. The van der Waals surface area contributed by atoms with E-state index in [1.165, 1.54) is 0 Å². The van der Waals surface area contributed by atoms with Crippen molar-refractivity contribution in [2.24, 2.45) is 0 Å². The zero-order chi connectivity index (χ0) is 50.2. The molecular formula is C51H109GeNSi10. The Morgan fingerprint density at radius 3 is 0.762 bits per heavy atom. The van der Waals surface area contributed by atoms with Crippen molar-refractivity contribution in [3.8, 4) is 0 Å². The average molecular weight is 1090 g/mol. The van der Waals surface area contributed by atoms with Crippen LogP contribution in [0.4, 0.5) is 5.69 Å². The second-order valence-electron chi connectivity index (χ2n) is 32.4. The van der Waals surface area contributed by atoms with E-state index in [9.17, 15) is 0 Å². The van der Waals surface area contributed by atoms with Crippen molar-refractivity contribution < 1.29 is 0 Å². The van der Waals surface area contributed by atoms with E-state index < -0.39 is 96.4 Å². The molecule has 0 heterocycles. The fourth-order valence-electron chi connectivity index (χ4n) is 14.6. The zero-order valence-electron chi connectivity index (χ0n) is 48.7. The third kappa shape index (κ3) is 15.2. The Hall–Kier alpha value is 0.952. The van der Waals surface area contributed by atoms with E-state index in [0.717, 1.165) is 5.16 Å². The summed E-state index contributed by atoms with van der Waals surface area (Å²) in [6.07, 6.45) is 0. The van der Waals surface area contributed by atoms with Gasteiger partial charge >= 0.3 is 417 Å². The summed E-state index contributed by atoms with van der Waals surface area (Å²) >= 11 is -0.801. The summed E-state index contributed by atoms with van der Waals surface area (Å²) in [6.45, 7) is 89.0. The van der Waals surface area contributed by atoms with E-state index in [1.54, 1.807) is 39.1 Å². The van der Waals surface area contributed by atoms with Crippen LogP contribution in [0.15, 0.2) is 24.3 Å². The molecule has 0 aromatic heterocycles. The molecule has 0 unspecified atom stereocenters. The molecule has 0 bridgehead atoms. The van der Waals surface area contributed by atoms with Gasteiger partial charge in [-0.3, -0.25) is 0 Å². The average Bonchev–Trinajstić information content (AvgIpc) is 2.89. The SMILES string of the molecule is CC(C)(C)c1cc(C([Si](C)(C)C)[Si](C)(C)C)[c]([Ge][NH]c2c(C([Si](C)(C)C)[Si](C)(C)C)cc(C([Si](C)(C)C)[Si](C)(C)C)cc2C([Si](C)(C)C)[Si](C)(C)C)c(C([Si](C)(C)C)[Si](C)(C)C)c1.